The number of carbonyl (C=O) groups excluding carboxylic acids is 2. The molecule has 0 radical (unpaired) electrons. The normalized spacial score (nSPS) is 14.5. The van der Waals surface area contributed by atoms with Gasteiger partial charge in [0.05, 0.1) is 17.7 Å². The van der Waals surface area contributed by atoms with E-state index in [4.69, 9.17) is 16.3 Å². The fraction of sp³-hybridized carbons (Fsp3) is 0.394. The van der Waals surface area contributed by atoms with Crippen LogP contribution >= 0.6 is 11.6 Å². The van der Waals surface area contributed by atoms with E-state index in [2.05, 4.69) is 5.32 Å². The van der Waals surface area contributed by atoms with Crippen LogP contribution in [0.2, 0.25) is 5.02 Å². The van der Waals surface area contributed by atoms with E-state index in [0.29, 0.717) is 28.4 Å². The Labute approximate surface area is 260 Å². The van der Waals surface area contributed by atoms with Gasteiger partial charge in [0.25, 0.3) is 10.0 Å². The molecule has 0 heterocycles. The van der Waals surface area contributed by atoms with Crippen LogP contribution in [-0.4, -0.2) is 50.9 Å². The molecule has 1 unspecified atom stereocenters. The van der Waals surface area contributed by atoms with Crippen molar-refractivity contribution in [3.05, 3.63) is 88.9 Å². The second-order valence-corrected chi connectivity index (χ2v) is 13.1. The van der Waals surface area contributed by atoms with Gasteiger partial charge >= 0.3 is 0 Å². The molecular formula is C33H40ClN3O5S. The van der Waals surface area contributed by atoms with Gasteiger partial charge in [-0.15, -0.1) is 0 Å². The molecule has 2 amide bonds. The number of hydrogen-bond donors (Lipinski definition) is 1. The SMILES string of the molecule is CCC(C(=O)NC1CCCCC1)N(Cc1ccc(OC)cc1)C(=O)CN(c1cccc(Cl)c1C)S(=O)(=O)c1ccccc1. The lowest BCUT2D eigenvalue weighted by Crippen LogP contribution is -2.54. The van der Waals surface area contributed by atoms with Crippen molar-refractivity contribution in [3.63, 3.8) is 0 Å². The van der Waals surface area contributed by atoms with Gasteiger partial charge in [-0.2, -0.15) is 0 Å². The number of nitrogens with zero attached hydrogens (tertiary/aromatic N) is 2. The van der Waals surface area contributed by atoms with Crippen LogP contribution in [0.3, 0.4) is 0 Å². The molecule has 8 nitrogen and oxygen atoms in total. The number of ether oxygens (including phenoxy) is 1. The highest BCUT2D eigenvalue weighted by Crippen LogP contribution is 2.31. The summed E-state index contributed by atoms with van der Waals surface area (Å²) < 4.78 is 34.5. The summed E-state index contributed by atoms with van der Waals surface area (Å²) in [5.41, 5.74) is 1.61. The van der Waals surface area contributed by atoms with Crippen LogP contribution in [-0.2, 0) is 26.2 Å². The number of amides is 2. The van der Waals surface area contributed by atoms with E-state index in [1.807, 2.05) is 19.1 Å². The maximum atomic E-state index is 14.3. The predicted molar refractivity (Wildman–Crippen MR) is 170 cm³/mol. The minimum Gasteiger partial charge on any atom is -0.497 e. The molecular weight excluding hydrogens is 586 g/mol. The molecule has 0 aliphatic heterocycles. The maximum Gasteiger partial charge on any atom is 0.264 e. The molecule has 4 rings (SSSR count). The highest BCUT2D eigenvalue weighted by atomic mass is 35.5. The average molecular weight is 626 g/mol. The number of hydrogen-bond acceptors (Lipinski definition) is 5. The Morgan fingerprint density at radius 3 is 2.28 bits per heavy atom. The van der Waals surface area contributed by atoms with Crippen molar-refractivity contribution < 1.29 is 22.7 Å². The molecule has 10 heteroatoms. The number of rotatable bonds is 12. The van der Waals surface area contributed by atoms with Gasteiger partial charge in [0.15, 0.2) is 0 Å². The van der Waals surface area contributed by atoms with Crippen molar-refractivity contribution in [2.24, 2.45) is 0 Å². The number of nitrogens with one attached hydrogen (secondary N) is 1. The van der Waals surface area contributed by atoms with Crippen LogP contribution in [0, 0.1) is 6.92 Å². The van der Waals surface area contributed by atoms with Crippen LogP contribution in [0.5, 0.6) is 5.75 Å². The molecule has 0 bridgehead atoms. The zero-order chi connectivity index (χ0) is 31.0. The molecule has 3 aromatic rings. The van der Waals surface area contributed by atoms with Crippen molar-refractivity contribution >= 4 is 39.1 Å². The lowest BCUT2D eigenvalue weighted by molar-refractivity contribution is -0.140. The van der Waals surface area contributed by atoms with E-state index in [0.717, 1.165) is 42.0 Å². The molecule has 1 saturated carbocycles. The average Bonchev–Trinajstić information content (AvgIpc) is 3.02. The molecule has 0 spiro atoms. The first-order valence-corrected chi connectivity index (χ1v) is 16.5. The first-order valence-electron chi connectivity index (χ1n) is 14.7. The number of sulfonamides is 1. The molecule has 43 heavy (non-hydrogen) atoms. The Balaban J connectivity index is 1.72. The quantitative estimate of drug-likeness (QED) is 0.262. The van der Waals surface area contributed by atoms with E-state index in [-0.39, 0.29) is 23.4 Å². The molecule has 1 atom stereocenters. The molecule has 0 aromatic heterocycles. The molecule has 0 saturated heterocycles. The third-order valence-electron chi connectivity index (χ3n) is 7.97. The molecule has 1 fully saturated rings. The van der Waals surface area contributed by atoms with Crippen molar-refractivity contribution in [3.8, 4) is 5.75 Å². The number of carbonyl (C=O) groups is 2. The lowest BCUT2D eigenvalue weighted by atomic mass is 9.95. The fourth-order valence-electron chi connectivity index (χ4n) is 5.49. The Hall–Kier alpha value is -3.56. The van der Waals surface area contributed by atoms with Crippen molar-refractivity contribution in [2.45, 2.75) is 75.9 Å². The van der Waals surface area contributed by atoms with Crippen LogP contribution < -0.4 is 14.4 Å². The first kappa shape index (κ1) is 32.4. The second-order valence-electron chi connectivity index (χ2n) is 10.8. The summed E-state index contributed by atoms with van der Waals surface area (Å²) in [6.07, 6.45) is 5.45. The highest BCUT2D eigenvalue weighted by molar-refractivity contribution is 7.92. The molecule has 230 valence electrons. The zero-order valence-electron chi connectivity index (χ0n) is 25.0. The molecule has 3 aromatic carbocycles. The summed E-state index contributed by atoms with van der Waals surface area (Å²) in [5.74, 6) is -0.0618. The van der Waals surface area contributed by atoms with E-state index < -0.39 is 28.5 Å². The summed E-state index contributed by atoms with van der Waals surface area (Å²) in [4.78, 5) is 29.5. The van der Waals surface area contributed by atoms with Gasteiger partial charge in [-0.05, 0) is 73.7 Å². The summed E-state index contributed by atoms with van der Waals surface area (Å²) in [5, 5.41) is 3.55. The van der Waals surface area contributed by atoms with Gasteiger partial charge in [-0.25, -0.2) is 8.42 Å². The molecule has 1 aliphatic rings. The van der Waals surface area contributed by atoms with Crippen LogP contribution in [0.25, 0.3) is 0 Å². The van der Waals surface area contributed by atoms with Crippen molar-refractivity contribution in [1.82, 2.24) is 10.2 Å². The van der Waals surface area contributed by atoms with E-state index in [9.17, 15) is 18.0 Å². The van der Waals surface area contributed by atoms with E-state index in [1.54, 1.807) is 62.6 Å². The minimum absolute atomic E-state index is 0.0472. The maximum absolute atomic E-state index is 14.3. The van der Waals surface area contributed by atoms with E-state index >= 15 is 0 Å². The third-order valence-corrected chi connectivity index (χ3v) is 10.2. The van der Waals surface area contributed by atoms with Crippen LogP contribution in [0.1, 0.15) is 56.6 Å². The Morgan fingerprint density at radius 1 is 0.977 bits per heavy atom. The number of benzene rings is 3. The van der Waals surface area contributed by atoms with Gasteiger partial charge in [0.1, 0.15) is 18.3 Å². The largest absolute Gasteiger partial charge is 0.497 e. The van der Waals surface area contributed by atoms with Gasteiger partial charge in [0, 0.05) is 17.6 Å². The summed E-state index contributed by atoms with van der Waals surface area (Å²) in [7, 11) is -2.59. The summed E-state index contributed by atoms with van der Waals surface area (Å²) in [6.45, 7) is 3.19. The third kappa shape index (κ3) is 7.89. The van der Waals surface area contributed by atoms with Crippen molar-refractivity contribution in [2.75, 3.05) is 18.0 Å². The zero-order valence-corrected chi connectivity index (χ0v) is 26.5. The van der Waals surface area contributed by atoms with Crippen LogP contribution in [0.4, 0.5) is 5.69 Å². The molecule has 1 aliphatic carbocycles. The lowest BCUT2D eigenvalue weighted by Gasteiger charge is -2.34. The minimum atomic E-state index is -4.17. The van der Waals surface area contributed by atoms with Crippen molar-refractivity contribution in [1.29, 1.82) is 0 Å². The number of methoxy groups -OCH3 is 1. The Kier molecular flexibility index (Phi) is 11.1. The topological polar surface area (TPSA) is 96.0 Å². The van der Waals surface area contributed by atoms with Gasteiger partial charge in [-0.3, -0.25) is 13.9 Å². The standard InChI is InChI=1S/C33H40ClN3O5S/c1-4-30(33(39)35-26-12-7-5-8-13-26)36(22-25-18-20-27(42-3)21-19-25)32(38)23-37(31-17-11-16-29(34)24(31)2)43(40,41)28-14-9-6-10-15-28/h6,9-11,14-21,26,30H,4-5,7-8,12-13,22-23H2,1-3H3,(H,35,39). The fourth-order valence-corrected chi connectivity index (χ4v) is 7.15. The smallest absolute Gasteiger partial charge is 0.264 e. The summed E-state index contributed by atoms with van der Waals surface area (Å²) in [6, 6.07) is 19.5. The monoisotopic (exact) mass is 625 g/mol. The van der Waals surface area contributed by atoms with Gasteiger partial charge in [-0.1, -0.05) is 74.2 Å². The Morgan fingerprint density at radius 2 is 1.65 bits per heavy atom. The Bertz CT molecular complexity index is 1490. The molecule has 1 N–H and O–H groups in total. The number of halogens is 1. The number of anilines is 1. The van der Waals surface area contributed by atoms with E-state index in [1.165, 1.54) is 17.0 Å². The highest BCUT2D eigenvalue weighted by Gasteiger charge is 2.35. The van der Waals surface area contributed by atoms with Crippen LogP contribution in [0.15, 0.2) is 77.7 Å². The predicted octanol–water partition coefficient (Wildman–Crippen LogP) is 6.11. The summed E-state index contributed by atoms with van der Waals surface area (Å²) >= 11 is 6.41. The van der Waals surface area contributed by atoms with Gasteiger partial charge < -0.3 is 15.0 Å². The second kappa shape index (κ2) is 14.8. The van der Waals surface area contributed by atoms with Gasteiger partial charge in [0.2, 0.25) is 11.8 Å². The first-order chi connectivity index (χ1) is 20.6.